The van der Waals surface area contributed by atoms with E-state index in [4.69, 9.17) is 5.73 Å². The fraction of sp³-hybridized carbons (Fsp3) is 0.588. The van der Waals surface area contributed by atoms with Gasteiger partial charge in [-0.2, -0.15) is 0 Å². The van der Waals surface area contributed by atoms with Gasteiger partial charge in [-0.1, -0.05) is 6.07 Å². The van der Waals surface area contributed by atoms with Gasteiger partial charge in [-0.15, -0.1) is 24.0 Å². The number of benzene rings is 1. The zero-order valence-corrected chi connectivity index (χ0v) is 16.4. The number of nitrogens with zero attached hydrogens (tertiary/aromatic N) is 2. The van der Waals surface area contributed by atoms with Gasteiger partial charge in [0.2, 0.25) is 0 Å². The molecule has 4 nitrogen and oxygen atoms in total. The summed E-state index contributed by atoms with van der Waals surface area (Å²) in [5, 5.41) is 3.17. The Morgan fingerprint density at radius 3 is 2.55 bits per heavy atom. The first-order valence-corrected chi connectivity index (χ1v) is 7.87. The molecule has 1 aliphatic carbocycles. The highest BCUT2D eigenvalue weighted by Crippen LogP contribution is 2.28. The fourth-order valence-electron chi connectivity index (χ4n) is 2.56. The van der Waals surface area contributed by atoms with E-state index in [9.17, 15) is 0 Å². The summed E-state index contributed by atoms with van der Waals surface area (Å²) in [6.45, 7) is 10.4. The van der Waals surface area contributed by atoms with Crippen LogP contribution in [0, 0.1) is 13.8 Å². The van der Waals surface area contributed by atoms with Gasteiger partial charge in [-0.05, 0) is 63.8 Å². The molecule has 22 heavy (non-hydrogen) atoms. The average Bonchev–Trinajstić information content (AvgIpc) is 3.23. The van der Waals surface area contributed by atoms with Crippen molar-refractivity contribution in [2.45, 2.75) is 52.6 Å². The molecule has 1 aliphatic rings. The van der Waals surface area contributed by atoms with Crippen LogP contribution < -0.4 is 11.1 Å². The van der Waals surface area contributed by atoms with E-state index >= 15 is 0 Å². The van der Waals surface area contributed by atoms with Crippen LogP contribution in [-0.4, -0.2) is 36.0 Å². The molecule has 124 valence electrons. The molecular formula is C17H29IN4. The molecule has 1 aromatic carbocycles. The van der Waals surface area contributed by atoms with Crippen LogP contribution in [0.2, 0.25) is 0 Å². The van der Waals surface area contributed by atoms with Crippen molar-refractivity contribution in [1.29, 1.82) is 0 Å². The third kappa shape index (κ3) is 5.76. The van der Waals surface area contributed by atoms with E-state index in [2.05, 4.69) is 55.0 Å². The number of anilines is 1. The fourth-order valence-corrected chi connectivity index (χ4v) is 2.56. The highest BCUT2D eigenvalue weighted by Gasteiger charge is 2.29. The Labute approximate surface area is 151 Å². The summed E-state index contributed by atoms with van der Waals surface area (Å²) in [6, 6.07) is 7.59. The first-order chi connectivity index (χ1) is 9.97. The van der Waals surface area contributed by atoms with Crippen molar-refractivity contribution >= 4 is 35.6 Å². The monoisotopic (exact) mass is 416 g/mol. The third-order valence-electron chi connectivity index (χ3n) is 4.10. The summed E-state index contributed by atoms with van der Waals surface area (Å²) in [5.74, 6) is 0.498. The van der Waals surface area contributed by atoms with Crippen LogP contribution >= 0.6 is 24.0 Å². The standard InChI is InChI=1S/C17H28N4.HI/c1-12(2)21(16-7-8-16)10-9-19-17(18)20-15-6-5-13(3)14(4)11-15;/h5-6,11-12,16H,7-10H2,1-4H3,(H3,18,19,20);1H. The number of aliphatic imine (C=N–C) groups is 1. The highest BCUT2D eigenvalue weighted by atomic mass is 127. The Morgan fingerprint density at radius 1 is 1.32 bits per heavy atom. The first-order valence-electron chi connectivity index (χ1n) is 7.87. The van der Waals surface area contributed by atoms with Gasteiger partial charge in [-0.25, -0.2) is 0 Å². The molecule has 2 rings (SSSR count). The van der Waals surface area contributed by atoms with E-state index in [1.54, 1.807) is 0 Å². The Kier molecular flexibility index (Phi) is 7.62. The van der Waals surface area contributed by atoms with Gasteiger partial charge in [0.1, 0.15) is 0 Å². The number of nitrogens with two attached hydrogens (primary N) is 1. The van der Waals surface area contributed by atoms with Crippen LogP contribution in [0.5, 0.6) is 0 Å². The van der Waals surface area contributed by atoms with Crippen molar-refractivity contribution in [2.24, 2.45) is 10.7 Å². The number of aryl methyl sites for hydroxylation is 2. The molecule has 3 N–H and O–H groups in total. The third-order valence-corrected chi connectivity index (χ3v) is 4.10. The highest BCUT2D eigenvalue weighted by molar-refractivity contribution is 14.0. The van der Waals surface area contributed by atoms with Crippen LogP contribution in [0.3, 0.4) is 0 Å². The van der Waals surface area contributed by atoms with Gasteiger partial charge in [0.15, 0.2) is 5.96 Å². The maximum atomic E-state index is 5.97. The van der Waals surface area contributed by atoms with Crippen LogP contribution in [0.4, 0.5) is 5.69 Å². The normalized spacial score (nSPS) is 15.1. The number of rotatable bonds is 6. The summed E-state index contributed by atoms with van der Waals surface area (Å²) < 4.78 is 0. The summed E-state index contributed by atoms with van der Waals surface area (Å²) in [4.78, 5) is 6.97. The summed E-state index contributed by atoms with van der Waals surface area (Å²) >= 11 is 0. The molecule has 1 saturated carbocycles. The van der Waals surface area contributed by atoms with Crippen LogP contribution in [-0.2, 0) is 0 Å². The molecule has 5 heteroatoms. The molecule has 0 unspecified atom stereocenters. The second-order valence-electron chi connectivity index (χ2n) is 6.25. The number of halogens is 1. The molecule has 0 atom stereocenters. The molecule has 0 bridgehead atoms. The van der Waals surface area contributed by atoms with Crippen LogP contribution in [0.1, 0.15) is 37.8 Å². The lowest BCUT2D eigenvalue weighted by atomic mass is 10.1. The largest absolute Gasteiger partial charge is 0.370 e. The molecule has 0 radical (unpaired) electrons. The Bertz CT molecular complexity index is 507. The van der Waals surface area contributed by atoms with E-state index in [1.807, 2.05) is 6.07 Å². The van der Waals surface area contributed by atoms with E-state index in [-0.39, 0.29) is 24.0 Å². The number of hydrogen-bond donors (Lipinski definition) is 2. The smallest absolute Gasteiger partial charge is 0.193 e. The average molecular weight is 416 g/mol. The van der Waals surface area contributed by atoms with E-state index in [0.717, 1.165) is 24.8 Å². The van der Waals surface area contributed by atoms with Crippen molar-refractivity contribution in [3.05, 3.63) is 29.3 Å². The van der Waals surface area contributed by atoms with Gasteiger partial charge < -0.3 is 11.1 Å². The molecule has 0 aromatic heterocycles. The van der Waals surface area contributed by atoms with Gasteiger partial charge in [0, 0.05) is 24.3 Å². The minimum atomic E-state index is 0. The lowest BCUT2D eigenvalue weighted by molar-refractivity contribution is 0.218. The topological polar surface area (TPSA) is 53.6 Å². The summed E-state index contributed by atoms with van der Waals surface area (Å²) in [7, 11) is 0. The van der Waals surface area contributed by atoms with Crippen molar-refractivity contribution in [2.75, 3.05) is 18.4 Å². The van der Waals surface area contributed by atoms with Crippen molar-refractivity contribution < 1.29 is 0 Å². The minimum Gasteiger partial charge on any atom is -0.370 e. The van der Waals surface area contributed by atoms with Crippen LogP contribution in [0.15, 0.2) is 23.2 Å². The van der Waals surface area contributed by atoms with Crippen LogP contribution in [0.25, 0.3) is 0 Å². The molecule has 0 amide bonds. The summed E-state index contributed by atoms with van der Waals surface area (Å²) in [5.41, 5.74) is 9.51. The zero-order valence-electron chi connectivity index (χ0n) is 14.1. The van der Waals surface area contributed by atoms with Crippen molar-refractivity contribution in [1.82, 2.24) is 4.90 Å². The number of hydrogen-bond acceptors (Lipinski definition) is 2. The lowest BCUT2D eigenvalue weighted by Gasteiger charge is -2.25. The van der Waals surface area contributed by atoms with Gasteiger partial charge in [0.05, 0.1) is 6.54 Å². The first kappa shape index (κ1) is 19.2. The Balaban J connectivity index is 0.00000242. The molecule has 0 heterocycles. The molecule has 0 aliphatic heterocycles. The molecule has 1 aromatic rings. The lowest BCUT2D eigenvalue weighted by Crippen LogP contribution is -2.35. The van der Waals surface area contributed by atoms with Gasteiger partial charge in [-0.3, -0.25) is 9.89 Å². The van der Waals surface area contributed by atoms with E-state index in [1.165, 1.54) is 24.0 Å². The molecule has 0 spiro atoms. The predicted octanol–water partition coefficient (Wildman–Crippen LogP) is 3.52. The molecule has 0 saturated heterocycles. The quantitative estimate of drug-likeness (QED) is 0.424. The predicted molar refractivity (Wildman–Crippen MR) is 106 cm³/mol. The maximum Gasteiger partial charge on any atom is 0.193 e. The molecule has 1 fully saturated rings. The SMILES string of the molecule is Cc1ccc(NC(N)=NCCN(C(C)C)C2CC2)cc1C.I. The Morgan fingerprint density at radius 2 is 2.00 bits per heavy atom. The van der Waals surface area contributed by atoms with Crippen molar-refractivity contribution in [3.63, 3.8) is 0 Å². The maximum absolute atomic E-state index is 5.97. The zero-order chi connectivity index (χ0) is 15.4. The second-order valence-corrected chi connectivity index (χ2v) is 6.25. The Hall–Kier alpha value is -0.820. The van der Waals surface area contributed by atoms with E-state index < -0.39 is 0 Å². The summed E-state index contributed by atoms with van der Waals surface area (Å²) in [6.07, 6.45) is 2.66. The van der Waals surface area contributed by atoms with Gasteiger partial charge in [0.25, 0.3) is 0 Å². The van der Waals surface area contributed by atoms with Gasteiger partial charge >= 0.3 is 0 Å². The second kappa shape index (κ2) is 8.72. The number of nitrogens with one attached hydrogen (secondary N) is 1. The minimum absolute atomic E-state index is 0. The van der Waals surface area contributed by atoms with E-state index in [0.29, 0.717) is 12.0 Å². The number of guanidine groups is 1. The molecular weight excluding hydrogens is 387 g/mol. The van der Waals surface area contributed by atoms with Crippen molar-refractivity contribution in [3.8, 4) is 0 Å².